The predicted octanol–water partition coefficient (Wildman–Crippen LogP) is 0.792. The van der Waals surface area contributed by atoms with E-state index in [1.165, 1.54) is 6.20 Å². The van der Waals surface area contributed by atoms with Gasteiger partial charge in [0.25, 0.3) is 0 Å². The van der Waals surface area contributed by atoms with E-state index in [-0.39, 0.29) is 0 Å². The maximum Gasteiger partial charge on any atom is 0.224 e. The van der Waals surface area contributed by atoms with Gasteiger partial charge >= 0.3 is 0 Å². The minimum Gasteiger partial charge on any atom is -0.363 e. The summed E-state index contributed by atoms with van der Waals surface area (Å²) in [6, 6.07) is 2.03. The van der Waals surface area contributed by atoms with Gasteiger partial charge in [-0.25, -0.2) is 4.98 Å². The van der Waals surface area contributed by atoms with Crippen LogP contribution in [0.5, 0.6) is 0 Å². The van der Waals surface area contributed by atoms with Crippen molar-refractivity contribution in [2.75, 3.05) is 17.7 Å². The second-order valence-corrected chi connectivity index (χ2v) is 3.37. The molecule has 2 aromatic rings. The van der Waals surface area contributed by atoms with Crippen molar-refractivity contribution >= 4 is 11.8 Å². The second kappa shape index (κ2) is 5.54. The van der Waals surface area contributed by atoms with E-state index in [4.69, 9.17) is 5.26 Å². The third-order valence-corrected chi connectivity index (χ3v) is 2.19. The Kier molecular flexibility index (Phi) is 3.61. The number of anilines is 2. The van der Waals surface area contributed by atoms with Gasteiger partial charge in [0.15, 0.2) is 0 Å². The standard InChI is InChI=1S/C11H11N7/c1-13-11-17-5-8(4-12)10(18-11)16-7-9-6-14-2-3-15-9/h2-3,5-6H,7H2,1H3,(H2,13,16,17,18). The minimum absolute atomic E-state index is 0.387. The fourth-order valence-corrected chi connectivity index (χ4v) is 1.31. The summed E-state index contributed by atoms with van der Waals surface area (Å²) in [5, 5.41) is 14.8. The first-order valence-electron chi connectivity index (χ1n) is 5.27. The summed E-state index contributed by atoms with van der Waals surface area (Å²) in [6.45, 7) is 0.447. The molecule has 18 heavy (non-hydrogen) atoms. The molecule has 2 heterocycles. The van der Waals surface area contributed by atoms with Gasteiger partial charge in [-0.1, -0.05) is 0 Å². The molecule has 7 heteroatoms. The average Bonchev–Trinajstić information content (AvgIpc) is 2.45. The molecule has 0 saturated heterocycles. The Morgan fingerprint density at radius 2 is 2.17 bits per heavy atom. The van der Waals surface area contributed by atoms with Crippen molar-refractivity contribution in [2.24, 2.45) is 0 Å². The lowest BCUT2D eigenvalue weighted by Crippen LogP contribution is -2.07. The SMILES string of the molecule is CNc1ncc(C#N)c(NCc2cnccn2)n1. The Labute approximate surface area is 104 Å². The van der Waals surface area contributed by atoms with Crippen LogP contribution in [-0.4, -0.2) is 27.0 Å². The molecule has 2 N–H and O–H groups in total. The number of rotatable bonds is 4. The first-order valence-corrected chi connectivity index (χ1v) is 5.27. The Morgan fingerprint density at radius 1 is 1.28 bits per heavy atom. The third-order valence-electron chi connectivity index (χ3n) is 2.19. The van der Waals surface area contributed by atoms with E-state index >= 15 is 0 Å². The van der Waals surface area contributed by atoms with Gasteiger partial charge in [0.1, 0.15) is 17.5 Å². The van der Waals surface area contributed by atoms with E-state index in [2.05, 4.69) is 30.6 Å². The maximum atomic E-state index is 8.96. The van der Waals surface area contributed by atoms with E-state index in [1.54, 1.807) is 25.6 Å². The highest BCUT2D eigenvalue weighted by Crippen LogP contribution is 2.13. The van der Waals surface area contributed by atoms with Crippen molar-refractivity contribution in [2.45, 2.75) is 6.54 Å². The maximum absolute atomic E-state index is 8.96. The van der Waals surface area contributed by atoms with Crippen LogP contribution in [0.15, 0.2) is 24.8 Å². The van der Waals surface area contributed by atoms with Crippen LogP contribution in [0, 0.1) is 11.3 Å². The van der Waals surface area contributed by atoms with Gasteiger partial charge in [0.2, 0.25) is 5.95 Å². The fourth-order valence-electron chi connectivity index (χ4n) is 1.31. The van der Waals surface area contributed by atoms with Crippen molar-refractivity contribution in [1.82, 2.24) is 19.9 Å². The highest BCUT2D eigenvalue weighted by atomic mass is 15.1. The smallest absolute Gasteiger partial charge is 0.224 e. The Hall–Kier alpha value is -2.75. The summed E-state index contributed by atoms with van der Waals surface area (Å²) >= 11 is 0. The van der Waals surface area contributed by atoms with Crippen LogP contribution in [0.3, 0.4) is 0 Å². The molecule has 0 atom stereocenters. The zero-order chi connectivity index (χ0) is 12.8. The van der Waals surface area contributed by atoms with E-state index in [9.17, 15) is 0 Å². The van der Waals surface area contributed by atoms with Crippen LogP contribution in [0.4, 0.5) is 11.8 Å². The van der Waals surface area contributed by atoms with Crippen LogP contribution < -0.4 is 10.6 Å². The Morgan fingerprint density at radius 3 is 2.83 bits per heavy atom. The van der Waals surface area contributed by atoms with Gasteiger partial charge in [-0.2, -0.15) is 10.2 Å². The molecule has 0 fully saturated rings. The number of nitrogens with zero attached hydrogens (tertiary/aromatic N) is 5. The predicted molar refractivity (Wildman–Crippen MR) is 65.7 cm³/mol. The Balaban J connectivity index is 2.15. The number of aromatic nitrogens is 4. The van der Waals surface area contributed by atoms with Crippen molar-refractivity contribution in [3.8, 4) is 6.07 Å². The summed E-state index contributed by atoms with van der Waals surface area (Å²) in [5.74, 6) is 0.929. The number of hydrogen-bond acceptors (Lipinski definition) is 7. The first kappa shape index (κ1) is 11.7. The summed E-state index contributed by atoms with van der Waals surface area (Å²) in [7, 11) is 1.72. The molecule has 0 unspecified atom stereocenters. The van der Waals surface area contributed by atoms with Crippen LogP contribution in [0.2, 0.25) is 0 Å². The van der Waals surface area contributed by atoms with Crippen molar-refractivity contribution in [3.63, 3.8) is 0 Å². The van der Waals surface area contributed by atoms with Crippen molar-refractivity contribution in [3.05, 3.63) is 36.0 Å². The summed E-state index contributed by atoms with van der Waals surface area (Å²) in [5.41, 5.74) is 1.16. The monoisotopic (exact) mass is 241 g/mol. The lowest BCUT2D eigenvalue weighted by molar-refractivity contribution is 0.990. The second-order valence-electron chi connectivity index (χ2n) is 3.37. The van der Waals surface area contributed by atoms with Crippen LogP contribution in [0.1, 0.15) is 11.3 Å². The number of hydrogen-bond donors (Lipinski definition) is 2. The summed E-state index contributed by atoms with van der Waals surface area (Å²) < 4.78 is 0. The van der Waals surface area contributed by atoms with Gasteiger partial charge in [-0.15, -0.1) is 0 Å². The molecule has 0 amide bonds. The van der Waals surface area contributed by atoms with Gasteiger partial charge < -0.3 is 10.6 Å². The summed E-state index contributed by atoms with van der Waals surface area (Å²) in [4.78, 5) is 16.2. The van der Waals surface area contributed by atoms with E-state index in [1.807, 2.05) is 6.07 Å². The van der Waals surface area contributed by atoms with Crippen LogP contribution in [-0.2, 0) is 6.54 Å². The molecule has 0 spiro atoms. The van der Waals surface area contributed by atoms with E-state index < -0.39 is 0 Å². The molecule has 2 aromatic heterocycles. The summed E-state index contributed by atoms with van der Waals surface area (Å²) in [6.07, 6.45) is 6.34. The van der Waals surface area contributed by atoms with Gasteiger partial charge in [0, 0.05) is 19.4 Å². The van der Waals surface area contributed by atoms with Gasteiger partial charge in [-0.05, 0) is 0 Å². The van der Waals surface area contributed by atoms with Gasteiger partial charge in [0.05, 0.1) is 24.6 Å². The molecule has 0 bridgehead atoms. The van der Waals surface area contributed by atoms with Gasteiger partial charge in [-0.3, -0.25) is 9.97 Å². The molecule has 90 valence electrons. The molecular weight excluding hydrogens is 230 g/mol. The zero-order valence-electron chi connectivity index (χ0n) is 9.75. The van der Waals surface area contributed by atoms with Crippen LogP contribution in [0.25, 0.3) is 0 Å². The lowest BCUT2D eigenvalue weighted by Gasteiger charge is -2.07. The average molecular weight is 241 g/mol. The lowest BCUT2D eigenvalue weighted by atomic mass is 10.3. The molecule has 0 radical (unpaired) electrons. The van der Waals surface area contributed by atoms with E-state index in [0.29, 0.717) is 23.9 Å². The molecule has 7 nitrogen and oxygen atoms in total. The van der Waals surface area contributed by atoms with Crippen molar-refractivity contribution in [1.29, 1.82) is 5.26 Å². The topological polar surface area (TPSA) is 99.4 Å². The highest BCUT2D eigenvalue weighted by molar-refractivity contribution is 5.53. The number of nitrogens with one attached hydrogen (secondary N) is 2. The molecule has 0 aliphatic carbocycles. The molecule has 2 rings (SSSR count). The normalized spacial score (nSPS) is 9.56. The number of nitriles is 1. The fraction of sp³-hybridized carbons (Fsp3) is 0.182. The zero-order valence-corrected chi connectivity index (χ0v) is 9.75. The largest absolute Gasteiger partial charge is 0.363 e. The first-order chi connectivity index (χ1) is 8.83. The molecular formula is C11H11N7. The minimum atomic E-state index is 0.387. The Bertz CT molecular complexity index is 561. The van der Waals surface area contributed by atoms with Crippen LogP contribution >= 0.6 is 0 Å². The quantitative estimate of drug-likeness (QED) is 0.816. The third kappa shape index (κ3) is 2.68. The highest BCUT2D eigenvalue weighted by Gasteiger charge is 2.06. The molecule has 0 aromatic carbocycles. The van der Waals surface area contributed by atoms with E-state index in [0.717, 1.165) is 5.69 Å². The molecule has 0 saturated carbocycles. The molecule has 0 aliphatic rings. The molecule has 0 aliphatic heterocycles. The van der Waals surface area contributed by atoms with Crippen molar-refractivity contribution < 1.29 is 0 Å².